The second-order valence-corrected chi connectivity index (χ2v) is 4.65. The van der Waals surface area contributed by atoms with E-state index in [0.29, 0.717) is 13.1 Å². The molecule has 0 aliphatic carbocycles. The third-order valence-electron chi connectivity index (χ3n) is 2.34. The average Bonchev–Trinajstić information content (AvgIpc) is 3.02. The zero-order valence-electron chi connectivity index (χ0n) is 10.7. The largest absolute Gasteiger partial charge is 0.364 e. The summed E-state index contributed by atoms with van der Waals surface area (Å²) in [7, 11) is 3.70. The molecule has 0 radical (unpaired) electrons. The van der Waals surface area contributed by atoms with Gasteiger partial charge in [0, 0.05) is 31.7 Å². The first kappa shape index (κ1) is 15.9. The monoisotopic (exact) mass is 393 g/mol. The lowest BCUT2D eigenvalue weighted by Crippen LogP contribution is -2.38. The molecule has 0 bridgehead atoms. The molecule has 0 aromatic carbocycles. The van der Waals surface area contributed by atoms with Crippen LogP contribution in [0.3, 0.4) is 0 Å². The van der Waals surface area contributed by atoms with E-state index in [1.807, 2.05) is 23.4 Å². The van der Waals surface area contributed by atoms with Gasteiger partial charge in [-0.25, -0.2) is 4.98 Å². The fraction of sp³-hybridized carbons (Fsp3) is 0.364. The van der Waals surface area contributed by atoms with E-state index in [9.17, 15) is 0 Å². The van der Waals surface area contributed by atoms with Crippen LogP contribution >= 0.6 is 35.3 Å². The molecule has 2 heterocycles. The molecular formula is C11H16IN5OS. The number of thiazole rings is 1. The number of guanidine groups is 1. The summed E-state index contributed by atoms with van der Waals surface area (Å²) in [6, 6.07) is 1.84. The van der Waals surface area contributed by atoms with Gasteiger partial charge in [-0.3, -0.25) is 4.99 Å². The van der Waals surface area contributed by atoms with Crippen molar-refractivity contribution in [1.29, 1.82) is 0 Å². The first-order valence-corrected chi connectivity index (χ1v) is 6.37. The number of aliphatic imine (C=N–C) groups is 1. The summed E-state index contributed by atoms with van der Waals surface area (Å²) in [5, 5.41) is 10.1. The Morgan fingerprint density at radius 1 is 1.58 bits per heavy atom. The van der Waals surface area contributed by atoms with Gasteiger partial charge in [-0.05, 0) is 0 Å². The Hall–Kier alpha value is -1.16. The fourth-order valence-electron chi connectivity index (χ4n) is 1.52. The quantitative estimate of drug-likeness (QED) is 0.489. The predicted octanol–water partition coefficient (Wildman–Crippen LogP) is 1.96. The van der Waals surface area contributed by atoms with Gasteiger partial charge in [0.25, 0.3) is 0 Å². The van der Waals surface area contributed by atoms with Crippen LogP contribution in [0.2, 0.25) is 0 Å². The number of nitrogens with one attached hydrogen (secondary N) is 1. The lowest BCUT2D eigenvalue weighted by molar-refractivity contribution is 0.391. The van der Waals surface area contributed by atoms with E-state index in [4.69, 9.17) is 4.52 Å². The molecule has 8 heteroatoms. The van der Waals surface area contributed by atoms with Crippen molar-refractivity contribution in [2.45, 2.75) is 13.1 Å². The second-order valence-electron chi connectivity index (χ2n) is 3.67. The Kier molecular flexibility index (Phi) is 6.78. The van der Waals surface area contributed by atoms with Gasteiger partial charge in [0.2, 0.25) is 0 Å². The van der Waals surface area contributed by atoms with Crippen LogP contribution in [0.1, 0.15) is 10.7 Å². The van der Waals surface area contributed by atoms with Crippen LogP contribution < -0.4 is 5.32 Å². The van der Waals surface area contributed by atoms with E-state index in [0.717, 1.165) is 16.7 Å². The summed E-state index contributed by atoms with van der Waals surface area (Å²) in [5.41, 5.74) is 0.870. The lowest BCUT2D eigenvalue weighted by Gasteiger charge is -2.20. The Morgan fingerprint density at radius 2 is 2.42 bits per heavy atom. The highest BCUT2D eigenvalue weighted by Gasteiger charge is 2.08. The summed E-state index contributed by atoms with van der Waals surface area (Å²) in [4.78, 5) is 10.4. The smallest absolute Gasteiger partial charge is 0.194 e. The molecule has 0 fully saturated rings. The highest BCUT2D eigenvalue weighted by Crippen LogP contribution is 2.04. The maximum Gasteiger partial charge on any atom is 0.194 e. The Labute approximate surface area is 132 Å². The van der Waals surface area contributed by atoms with E-state index in [1.165, 1.54) is 0 Å². The maximum absolute atomic E-state index is 4.80. The molecule has 2 rings (SSSR count). The molecule has 0 atom stereocenters. The van der Waals surface area contributed by atoms with Gasteiger partial charge >= 0.3 is 0 Å². The summed E-state index contributed by atoms with van der Waals surface area (Å²) in [6.45, 7) is 1.32. The molecular weight excluding hydrogens is 377 g/mol. The number of hydrogen-bond acceptors (Lipinski definition) is 5. The Morgan fingerprint density at radius 3 is 3.00 bits per heavy atom. The topological polar surface area (TPSA) is 66.6 Å². The van der Waals surface area contributed by atoms with Gasteiger partial charge in [0.05, 0.1) is 13.1 Å². The number of aromatic nitrogens is 2. The summed E-state index contributed by atoms with van der Waals surface area (Å²) in [6.07, 6.45) is 3.36. The van der Waals surface area contributed by atoms with Crippen LogP contribution in [-0.4, -0.2) is 35.1 Å². The second kappa shape index (κ2) is 8.10. The van der Waals surface area contributed by atoms with Gasteiger partial charge in [-0.15, -0.1) is 35.3 Å². The molecule has 2 aromatic heterocycles. The molecule has 104 valence electrons. The van der Waals surface area contributed by atoms with Crippen molar-refractivity contribution in [2.75, 3.05) is 14.1 Å². The van der Waals surface area contributed by atoms with Gasteiger partial charge in [0.15, 0.2) is 5.96 Å². The zero-order chi connectivity index (χ0) is 12.8. The normalized spacial score (nSPS) is 10.9. The number of halogens is 1. The van der Waals surface area contributed by atoms with E-state index >= 15 is 0 Å². The third kappa shape index (κ3) is 4.78. The molecule has 2 aromatic rings. The highest BCUT2D eigenvalue weighted by atomic mass is 127. The van der Waals surface area contributed by atoms with Crippen LogP contribution in [-0.2, 0) is 13.1 Å². The van der Waals surface area contributed by atoms with Crippen LogP contribution in [0.25, 0.3) is 0 Å². The van der Waals surface area contributed by atoms with Gasteiger partial charge in [-0.1, -0.05) is 5.16 Å². The molecule has 0 aliphatic rings. The highest BCUT2D eigenvalue weighted by molar-refractivity contribution is 14.0. The van der Waals surface area contributed by atoms with Crippen molar-refractivity contribution >= 4 is 41.3 Å². The molecule has 19 heavy (non-hydrogen) atoms. The van der Waals surface area contributed by atoms with Crippen molar-refractivity contribution in [3.63, 3.8) is 0 Å². The number of hydrogen-bond donors (Lipinski definition) is 1. The van der Waals surface area contributed by atoms with E-state index in [2.05, 4.69) is 20.4 Å². The van der Waals surface area contributed by atoms with Gasteiger partial charge in [0.1, 0.15) is 17.0 Å². The lowest BCUT2D eigenvalue weighted by atomic mass is 10.4. The molecule has 0 saturated carbocycles. The van der Waals surface area contributed by atoms with Gasteiger partial charge in [-0.2, -0.15) is 0 Å². The molecule has 6 nitrogen and oxygen atoms in total. The SMILES string of the molecule is CN=C(NCc1nccs1)N(C)Cc1ccon1.I. The zero-order valence-corrected chi connectivity index (χ0v) is 13.9. The van der Waals surface area contributed by atoms with Crippen molar-refractivity contribution < 1.29 is 4.52 Å². The Bertz CT molecular complexity index is 485. The van der Waals surface area contributed by atoms with Crippen LogP contribution in [0.15, 0.2) is 33.4 Å². The summed E-state index contributed by atoms with van der Waals surface area (Å²) >= 11 is 1.62. The first-order valence-electron chi connectivity index (χ1n) is 5.49. The standard InChI is InChI=1S/C11H15N5OS.HI/c1-12-11(14-7-10-13-4-6-18-10)16(2)8-9-3-5-17-15-9;/h3-6H,7-8H2,1-2H3,(H,12,14);1H. The molecule has 0 saturated heterocycles. The van der Waals surface area contributed by atoms with Crippen LogP contribution in [0, 0.1) is 0 Å². The summed E-state index contributed by atoms with van der Waals surface area (Å²) in [5.74, 6) is 0.799. The minimum absolute atomic E-state index is 0. The number of rotatable bonds is 4. The molecule has 0 unspecified atom stereocenters. The van der Waals surface area contributed by atoms with Crippen LogP contribution in [0.5, 0.6) is 0 Å². The number of nitrogens with zero attached hydrogens (tertiary/aromatic N) is 4. The molecule has 0 spiro atoms. The van der Waals surface area contributed by atoms with E-state index in [1.54, 1.807) is 30.8 Å². The first-order chi connectivity index (χ1) is 8.79. The van der Waals surface area contributed by atoms with Crippen molar-refractivity contribution in [3.8, 4) is 0 Å². The average molecular weight is 393 g/mol. The van der Waals surface area contributed by atoms with Crippen LogP contribution in [0.4, 0.5) is 0 Å². The minimum atomic E-state index is 0. The Balaban J connectivity index is 0.00000180. The molecule has 0 amide bonds. The molecule has 1 N–H and O–H groups in total. The van der Waals surface area contributed by atoms with Crippen molar-refractivity contribution in [3.05, 3.63) is 34.6 Å². The molecule has 0 aliphatic heterocycles. The van der Waals surface area contributed by atoms with Crippen molar-refractivity contribution in [2.24, 2.45) is 4.99 Å². The van der Waals surface area contributed by atoms with E-state index in [-0.39, 0.29) is 24.0 Å². The maximum atomic E-state index is 4.80. The van der Waals surface area contributed by atoms with E-state index < -0.39 is 0 Å². The van der Waals surface area contributed by atoms with Crippen molar-refractivity contribution in [1.82, 2.24) is 20.4 Å². The van der Waals surface area contributed by atoms with Gasteiger partial charge < -0.3 is 14.7 Å². The third-order valence-corrected chi connectivity index (χ3v) is 3.12. The predicted molar refractivity (Wildman–Crippen MR) is 85.7 cm³/mol. The summed E-state index contributed by atoms with van der Waals surface area (Å²) < 4.78 is 4.80. The fourth-order valence-corrected chi connectivity index (χ4v) is 2.07. The minimum Gasteiger partial charge on any atom is -0.364 e.